The van der Waals surface area contributed by atoms with Crippen molar-refractivity contribution in [1.82, 2.24) is 0 Å². The number of aliphatic imine (C=N–C) groups is 1. The van der Waals surface area contributed by atoms with Crippen LogP contribution in [0.3, 0.4) is 0 Å². The number of dihydropyridines is 1. The Morgan fingerprint density at radius 3 is 2.40 bits per heavy atom. The molecule has 0 bridgehead atoms. The summed E-state index contributed by atoms with van der Waals surface area (Å²) in [6, 6.07) is 5.45. The Balaban J connectivity index is 2.39. The van der Waals surface area contributed by atoms with E-state index >= 15 is 0 Å². The summed E-state index contributed by atoms with van der Waals surface area (Å²) in [6.07, 6.45) is 3.36. The predicted molar refractivity (Wildman–Crippen MR) is 95.0 cm³/mol. The van der Waals surface area contributed by atoms with Crippen LogP contribution in [-0.2, 0) is 18.0 Å². The second-order valence-corrected chi connectivity index (χ2v) is 5.67. The van der Waals surface area contributed by atoms with Crippen molar-refractivity contribution in [2.24, 2.45) is 4.99 Å². The number of benzene rings is 2. The Hall–Kier alpha value is -2.70. The quantitative estimate of drug-likeness (QED) is 0.871. The highest BCUT2D eigenvalue weighted by atomic mass is 16.5. The molecule has 2 aromatic rings. The van der Waals surface area contributed by atoms with E-state index in [9.17, 15) is 15.0 Å². The molecule has 1 heterocycles. The molecule has 0 unspecified atom stereocenters. The molecular formula is C19H19NO5. The molecule has 0 aliphatic carbocycles. The van der Waals surface area contributed by atoms with E-state index in [0.717, 1.165) is 21.9 Å². The number of allylic oxidation sites excluding steroid dienone is 1. The number of fused-ring (bicyclic) bond motifs is 1. The summed E-state index contributed by atoms with van der Waals surface area (Å²) in [5, 5.41) is 21.3. The third-order valence-corrected chi connectivity index (χ3v) is 4.33. The summed E-state index contributed by atoms with van der Waals surface area (Å²) in [6.45, 7) is -0.472. The highest BCUT2D eigenvalue weighted by molar-refractivity contribution is 6.08. The van der Waals surface area contributed by atoms with Crippen LogP contribution in [0.5, 0.6) is 11.5 Å². The zero-order valence-corrected chi connectivity index (χ0v) is 14.1. The van der Waals surface area contributed by atoms with E-state index in [2.05, 4.69) is 4.99 Å². The van der Waals surface area contributed by atoms with Gasteiger partial charge in [0.25, 0.3) is 0 Å². The van der Waals surface area contributed by atoms with Gasteiger partial charge < -0.3 is 19.7 Å². The predicted octanol–water partition coefficient (Wildman–Crippen LogP) is 2.23. The summed E-state index contributed by atoms with van der Waals surface area (Å²) >= 11 is 0. The van der Waals surface area contributed by atoms with Crippen LogP contribution in [0, 0.1) is 0 Å². The lowest BCUT2D eigenvalue weighted by Crippen LogP contribution is -2.07. The number of carbonyl (C=O) groups excluding carboxylic acids is 1. The number of carbonyl (C=O) groups is 1. The summed E-state index contributed by atoms with van der Waals surface area (Å²) in [5.74, 6) is 0.870. The number of methoxy groups -OCH3 is 2. The molecule has 0 saturated carbocycles. The first-order valence-electron chi connectivity index (χ1n) is 7.81. The van der Waals surface area contributed by atoms with Gasteiger partial charge in [-0.25, -0.2) is 4.99 Å². The molecule has 2 N–H and O–H groups in total. The van der Waals surface area contributed by atoms with E-state index in [1.165, 1.54) is 6.21 Å². The first kappa shape index (κ1) is 17.1. The van der Waals surface area contributed by atoms with Crippen LogP contribution < -0.4 is 9.47 Å². The summed E-state index contributed by atoms with van der Waals surface area (Å²) < 4.78 is 10.7. The number of amides is 1. The summed E-state index contributed by atoms with van der Waals surface area (Å²) in [5.41, 5.74) is 2.67. The number of hydrogen-bond donors (Lipinski definition) is 2. The number of ether oxygens (including phenoxy) is 2. The maximum Gasteiger partial charge on any atom is 0.250 e. The minimum absolute atomic E-state index is 0.141. The second kappa shape index (κ2) is 7.04. The zero-order valence-electron chi connectivity index (χ0n) is 14.1. The van der Waals surface area contributed by atoms with Crippen molar-refractivity contribution in [3.8, 4) is 11.5 Å². The molecule has 0 aromatic heterocycles. The number of aliphatic hydroxyl groups is 2. The lowest BCUT2D eigenvalue weighted by atomic mass is 9.87. The van der Waals surface area contributed by atoms with E-state index in [0.29, 0.717) is 22.6 Å². The smallest absolute Gasteiger partial charge is 0.250 e. The van der Waals surface area contributed by atoms with Gasteiger partial charge in [0.05, 0.1) is 33.9 Å². The largest absolute Gasteiger partial charge is 0.493 e. The topological polar surface area (TPSA) is 88.4 Å². The molecule has 3 rings (SSSR count). The van der Waals surface area contributed by atoms with Gasteiger partial charge >= 0.3 is 0 Å². The highest BCUT2D eigenvalue weighted by Gasteiger charge is 2.21. The van der Waals surface area contributed by atoms with Crippen LogP contribution >= 0.6 is 0 Å². The molecule has 0 fully saturated rings. The minimum Gasteiger partial charge on any atom is -0.493 e. The lowest BCUT2D eigenvalue weighted by molar-refractivity contribution is -0.116. The highest BCUT2D eigenvalue weighted by Crippen LogP contribution is 2.39. The van der Waals surface area contributed by atoms with Gasteiger partial charge in [-0.15, -0.1) is 0 Å². The summed E-state index contributed by atoms with van der Waals surface area (Å²) in [4.78, 5) is 15.5. The van der Waals surface area contributed by atoms with Crippen molar-refractivity contribution in [2.45, 2.75) is 19.6 Å². The standard InChI is InChI=1S/C19H19NO5/c1-24-16-6-12-5-13(9-21)15(10-22)19(14(12)8-17(16)25-2)11-3-4-20-18(23)7-11/h3-6,8,21-22H,7,9-10H2,1-2H3. The van der Waals surface area contributed by atoms with Crippen molar-refractivity contribution in [3.05, 3.63) is 41.0 Å². The van der Waals surface area contributed by atoms with Crippen LogP contribution in [-0.4, -0.2) is 36.6 Å². The summed E-state index contributed by atoms with van der Waals surface area (Å²) in [7, 11) is 3.10. The number of rotatable bonds is 5. The lowest BCUT2D eigenvalue weighted by Gasteiger charge is -2.20. The van der Waals surface area contributed by atoms with Gasteiger partial charge in [-0.3, -0.25) is 4.79 Å². The Morgan fingerprint density at radius 2 is 1.80 bits per heavy atom. The van der Waals surface area contributed by atoms with Crippen molar-refractivity contribution < 1.29 is 24.5 Å². The fourth-order valence-electron chi connectivity index (χ4n) is 3.17. The fourth-order valence-corrected chi connectivity index (χ4v) is 3.17. The Labute approximate surface area is 145 Å². The van der Waals surface area contributed by atoms with Gasteiger partial charge in [-0.05, 0) is 57.3 Å². The van der Waals surface area contributed by atoms with Crippen molar-refractivity contribution in [1.29, 1.82) is 0 Å². The fraction of sp³-hybridized carbons (Fsp3) is 0.263. The van der Waals surface area contributed by atoms with Crippen LogP contribution in [0.4, 0.5) is 0 Å². The van der Waals surface area contributed by atoms with Crippen molar-refractivity contribution in [2.75, 3.05) is 14.2 Å². The third-order valence-electron chi connectivity index (χ3n) is 4.33. The number of hydrogen-bond acceptors (Lipinski definition) is 5. The molecule has 130 valence electrons. The van der Waals surface area contributed by atoms with Crippen LogP contribution in [0.15, 0.2) is 29.3 Å². The molecule has 2 aromatic carbocycles. The van der Waals surface area contributed by atoms with Gasteiger partial charge in [-0.2, -0.15) is 0 Å². The van der Waals surface area contributed by atoms with E-state index in [-0.39, 0.29) is 25.5 Å². The monoisotopic (exact) mass is 341 g/mol. The molecule has 1 aliphatic heterocycles. The average molecular weight is 341 g/mol. The second-order valence-electron chi connectivity index (χ2n) is 5.67. The van der Waals surface area contributed by atoms with E-state index in [4.69, 9.17) is 9.47 Å². The molecule has 0 spiro atoms. The van der Waals surface area contributed by atoms with Gasteiger partial charge in [0.1, 0.15) is 0 Å². The average Bonchev–Trinajstić information content (AvgIpc) is 2.64. The normalized spacial score (nSPS) is 13.9. The maximum atomic E-state index is 11.8. The molecule has 1 amide bonds. The van der Waals surface area contributed by atoms with Crippen molar-refractivity contribution in [3.63, 3.8) is 0 Å². The molecule has 0 radical (unpaired) electrons. The third kappa shape index (κ3) is 3.01. The van der Waals surface area contributed by atoms with Crippen LogP contribution in [0.2, 0.25) is 0 Å². The van der Waals surface area contributed by atoms with Gasteiger partial charge in [0, 0.05) is 6.21 Å². The molecule has 25 heavy (non-hydrogen) atoms. The van der Waals surface area contributed by atoms with Crippen LogP contribution in [0.25, 0.3) is 16.3 Å². The van der Waals surface area contributed by atoms with Crippen molar-refractivity contribution >= 4 is 28.5 Å². The molecule has 0 saturated heterocycles. The first-order chi connectivity index (χ1) is 12.1. The minimum atomic E-state index is -0.252. The molecular weight excluding hydrogens is 322 g/mol. The van der Waals surface area contributed by atoms with Gasteiger partial charge in [-0.1, -0.05) is 0 Å². The molecule has 1 aliphatic rings. The molecule has 6 nitrogen and oxygen atoms in total. The Morgan fingerprint density at radius 1 is 1.08 bits per heavy atom. The first-order valence-corrected chi connectivity index (χ1v) is 7.81. The van der Waals surface area contributed by atoms with Gasteiger partial charge in [0.2, 0.25) is 5.91 Å². The number of aliphatic hydroxyl groups excluding tert-OH is 2. The Kier molecular flexibility index (Phi) is 4.83. The zero-order chi connectivity index (χ0) is 18.0. The van der Waals surface area contributed by atoms with Crippen LogP contribution in [0.1, 0.15) is 23.1 Å². The molecule has 0 atom stereocenters. The number of nitrogens with zero attached hydrogens (tertiary/aromatic N) is 1. The van der Waals surface area contributed by atoms with E-state index in [1.807, 2.05) is 18.2 Å². The van der Waals surface area contributed by atoms with E-state index < -0.39 is 0 Å². The van der Waals surface area contributed by atoms with Gasteiger partial charge in [0.15, 0.2) is 11.5 Å². The SMILES string of the molecule is COc1cc2cc(CO)c(CO)c(C3=CC=NC(=O)C3)c2cc1OC. The van der Waals surface area contributed by atoms with E-state index in [1.54, 1.807) is 20.3 Å². The Bertz CT molecular complexity index is 893. The maximum absolute atomic E-state index is 11.8. The molecule has 6 heteroatoms.